The third-order valence-corrected chi connectivity index (χ3v) is 3.25. The van der Waals surface area contributed by atoms with E-state index >= 15 is 0 Å². The van der Waals surface area contributed by atoms with Gasteiger partial charge in [-0.1, -0.05) is 30.4 Å². The molecule has 1 N–H and O–H groups in total. The maximum absolute atomic E-state index is 3.88. The lowest BCUT2D eigenvalue weighted by molar-refractivity contribution is 0.797. The molecule has 0 amide bonds. The van der Waals surface area contributed by atoms with Crippen molar-refractivity contribution in [3.8, 4) is 0 Å². The third-order valence-electron chi connectivity index (χ3n) is 2.53. The minimum Gasteiger partial charge on any atom is -0.388 e. The summed E-state index contributed by atoms with van der Waals surface area (Å²) < 4.78 is 1.21. The van der Waals surface area contributed by atoms with Crippen LogP contribution in [0.3, 0.4) is 0 Å². The second-order valence-electron chi connectivity index (χ2n) is 3.87. The molecule has 0 spiro atoms. The summed E-state index contributed by atoms with van der Waals surface area (Å²) in [5, 5.41) is 3.15. The predicted octanol–water partition coefficient (Wildman–Crippen LogP) is 3.80. The van der Waals surface area contributed by atoms with Crippen LogP contribution in [0.2, 0.25) is 0 Å². The van der Waals surface area contributed by atoms with Crippen LogP contribution in [-0.4, -0.2) is 20.3 Å². The van der Waals surface area contributed by atoms with Gasteiger partial charge in [0, 0.05) is 29.6 Å². The molecule has 0 aliphatic heterocycles. The van der Waals surface area contributed by atoms with E-state index in [4.69, 9.17) is 0 Å². The van der Waals surface area contributed by atoms with Crippen LogP contribution in [-0.2, 0) is 0 Å². The first-order valence-corrected chi connectivity index (χ1v) is 7.03. The Morgan fingerprint density at radius 2 is 2.33 bits per heavy atom. The SMILES string of the molecule is CN=C\C=C/C=C(I)/C=C/[C@@H]1C=CC(NC)=CC1. The Labute approximate surface area is 123 Å². The van der Waals surface area contributed by atoms with Gasteiger partial charge in [-0.25, -0.2) is 0 Å². The van der Waals surface area contributed by atoms with Crippen LogP contribution in [0.5, 0.6) is 0 Å². The highest BCUT2D eigenvalue weighted by atomic mass is 127. The summed E-state index contributed by atoms with van der Waals surface area (Å²) in [7, 11) is 3.71. The zero-order valence-corrected chi connectivity index (χ0v) is 13.0. The van der Waals surface area contributed by atoms with Gasteiger partial charge in [-0.05, 0) is 53.2 Å². The van der Waals surface area contributed by atoms with E-state index in [0.29, 0.717) is 5.92 Å². The Balaban J connectivity index is 2.46. The topological polar surface area (TPSA) is 24.4 Å². The molecule has 0 aromatic rings. The highest BCUT2D eigenvalue weighted by Gasteiger charge is 2.03. The molecule has 1 aliphatic carbocycles. The standard InChI is InChI=1S/C15H19IN2/c1-17-12-4-3-5-14(16)9-6-13-7-10-15(18-2)11-8-13/h3-7,9-13,18H,8H2,1-2H3/b4-3-,9-6+,14-5-,17-12?/t13-/m1/s1. The average Bonchev–Trinajstić information content (AvgIpc) is 2.42. The zero-order valence-electron chi connectivity index (χ0n) is 10.8. The smallest absolute Gasteiger partial charge is 0.0294 e. The molecule has 1 aliphatic rings. The number of likely N-dealkylation sites (N-methyl/N-ethyl adjacent to an activating group) is 1. The predicted molar refractivity (Wildman–Crippen MR) is 89.2 cm³/mol. The van der Waals surface area contributed by atoms with Crippen LogP contribution in [0.1, 0.15) is 6.42 Å². The molecule has 0 heterocycles. The number of rotatable bonds is 5. The highest BCUT2D eigenvalue weighted by molar-refractivity contribution is 14.1. The van der Waals surface area contributed by atoms with Crippen LogP contribution in [0.25, 0.3) is 0 Å². The van der Waals surface area contributed by atoms with E-state index in [0.717, 1.165) is 6.42 Å². The number of hydrogen-bond acceptors (Lipinski definition) is 2. The van der Waals surface area contributed by atoms with Crippen molar-refractivity contribution in [3.05, 3.63) is 57.9 Å². The first-order chi connectivity index (χ1) is 8.76. The molecule has 0 bridgehead atoms. The fourth-order valence-electron chi connectivity index (χ4n) is 1.52. The minimum atomic E-state index is 0.501. The van der Waals surface area contributed by atoms with Crippen LogP contribution in [0.15, 0.2) is 62.9 Å². The van der Waals surface area contributed by atoms with Crippen LogP contribution in [0.4, 0.5) is 0 Å². The van der Waals surface area contributed by atoms with Crippen molar-refractivity contribution in [2.24, 2.45) is 10.9 Å². The van der Waals surface area contributed by atoms with E-state index in [1.807, 2.05) is 19.2 Å². The Morgan fingerprint density at radius 3 is 2.94 bits per heavy atom. The lowest BCUT2D eigenvalue weighted by atomic mass is 9.99. The fourth-order valence-corrected chi connectivity index (χ4v) is 1.93. The van der Waals surface area contributed by atoms with Crippen LogP contribution in [0, 0.1) is 5.92 Å². The van der Waals surface area contributed by atoms with Gasteiger partial charge in [0.1, 0.15) is 0 Å². The Kier molecular flexibility index (Phi) is 7.41. The molecule has 1 rings (SSSR count). The second kappa shape index (κ2) is 8.91. The van der Waals surface area contributed by atoms with E-state index in [-0.39, 0.29) is 0 Å². The van der Waals surface area contributed by atoms with Gasteiger partial charge in [0.25, 0.3) is 0 Å². The van der Waals surface area contributed by atoms with Gasteiger partial charge < -0.3 is 5.32 Å². The van der Waals surface area contributed by atoms with Gasteiger partial charge in [-0.2, -0.15) is 0 Å². The summed E-state index contributed by atoms with van der Waals surface area (Å²) >= 11 is 2.33. The molecule has 18 heavy (non-hydrogen) atoms. The molecule has 2 nitrogen and oxygen atoms in total. The number of aliphatic imine (C=N–C) groups is 1. The second-order valence-corrected chi connectivity index (χ2v) is 5.12. The van der Waals surface area contributed by atoms with Crippen LogP contribution < -0.4 is 5.32 Å². The zero-order chi connectivity index (χ0) is 13.2. The molecule has 1 atom stereocenters. The number of allylic oxidation sites excluding steroid dienone is 9. The van der Waals surface area contributed by atoms with E-state index in [9.17, 15) is 0 Å². The van der Waals surface area contributed by atoms with Gasteiger partial charge in [-0.15, -0.1) is 0 Å². The highest BCUT2D eigenvalue weighted by Crippen LogP contribution is 2.18. The van der Waals surface area contributed by atoms with Crippen molar-refractivity contribution in [3.63, 3.8) is 0 Å². The quantitative estimate of drug-likeness (QED) is 0.453. The van der Waals surface area contributed by atoms with E-state index < -0.39 is 0 Å². The molecular formula is C15H19IN2. The van der Waals surface area contributed by atoms with Crippen LogP contribution >= 0.6 is 22.6 Å². The van der Waals surface area contributed by atoms with Crippen molar-refractivity contribution in [2.75, 3.05) is 14.1 Å². The molecule has 3 heteroatoms. The Bertz CT molecular complexity index is 426. The van der Waals surface area contributed by atoms with Gasteiger partial charge in [0.05, 0.1) is 0 Å². The Hall–Kier alpha value is -1.10. The summed E-state index contributed by atoms with van der Waals surface area (Å²) in [6.07, 6.45) is 19.8. The third kappa shape index (κ3) is 6.00. The first-order valence-electron chi connectivity index (χ1n) is 5.95. The van der Waals surface area contributed by atoms with Crippen molar-refractivity contribution in [2.45, 2.75) is 6.42 Å². The van der Waals surface area contributed by atoms with Gasteiger partial charge >= 0.3 is 0 Å². The fraction of sp³-hybridized carbons (Fsp3) is 0.267. The van der Waals surface area contributed by atoms with Gasteiger partial charge in [0.2, 0.25) is 0 Å². The van der Waals surface area contributed by atoms with Crippen molar-refractivity contribution < 1.29 is 0 Å². The van der Waals surface area contributed by atoms with Gasteiger partial charge in [0.15, 0.2) is 0 Å². The van der Waals surface area contributed by atoms with E-state index in [1.165, 1.54) is 9.28 Å². The van der Waals surface area contributed by atoms with E-state index in [1.54, 1.807) is 13.3 Å². The molecule has 0 radical (unpaired) electrons. The molecule has 0 fully saturated rings. The molecule has 0 unspecified atom stereocenters. The molecule has 0 saturated heterocycles. The normalized spacial score (nSPS) is 21.2. The first kappa shape index (κ1) is 15.0. The molecule has 0 aromatic carbocycles. The average molecular weight is 354 g/mol. The summed E-state index contributed by atoms with van der Waals surface area (Å²) in [5.41, 5.74) is 1.20. The number of nitrogens with one attached hydrogen (secondary N) is 1. The molecular weight excluding hydrogens is 335 g/mol. The van der Waals surface area contributed by atoms with E-state index in [2.05, 4.69) is 69.4 Å². The van der Waals surface area contributed by atoms with Crippen molar-refractivity contribution in [1.82, 2.24) is 5.32 Å². The number of halogens is 1. The molecule has 0 aromatic heterocycles. The van der Waals surface area contributed by atoms with Gasteiger partial charge in [-0.3, -0.25) is 4.99 Å². The molecule has 96 valence electrons. The summed E-state index contributed by atoms with van der Waals surface area (Å²) in [5.74, 6) is 0.501. The lowest BCUT2D eigenvalue weighted by Gasteiger charge is -2.12. The maximum Gasteiger partial charge on any atom is 0.0294 e. The Morgan fingerprint density at radius 1 is 1.50 bits per heavy atom. The largest absolute Gasteiger partial charge is 0.388 e. The number of nitrogens with zero attached hydrogens (tertiary/aromatic N) is 1. The summed E-state index contributed by atoms with van der Waals surface area (Å²) in [4.78, 5) is 3.88. The van der Waals surface area contributed by atoms with Crippen molar-refractivity contribution in [1.29, 1.82) is 0 Å². The monoisotopic (exact) mass is 354 g/mol. The minimum absolute atomic E-state index is 0.501. The lowest BCUT2D eigenvalue weighted by Crippen LogP contribution is -2.07. The molecule has 0 saturated carbocycles. The van der Waals surface area contributed by atoms with Crippen molar-refractivity contribution >= 4 is 28.8 Å². The number of hydrogen-bond donors (Lipinski definition) is 1. The maximum atomic E-state index is 3.88. The summed E-state index contributed by atoms with van der Waals surface area (Å²) in [6.45, 7) is 0. The summed E-state index contributed by atoms with van der Waals surface area (Å²) in [6, 6.07) is 0.